The van der Waals surface area contributed by atoms with Gasteiger partial charge in [0.15, 0.2) is 0 Å². The summed E-state index contributed by atoms with van der Waals surface area (Å²) in [5.74, 6) is -7.30. The van der Waals surface area contributed by atoms with Gasteiger partial charge in [0.25, 0.3) is 0 Å². The summed E-state index contributed by atoms with van der Waals surface area (Å²) in [4.78, 5) is 45.4. The van der Waals surface area contributed by atoms with Gasteiger partial charge in [-0.05, 0) is 13.8 Å². The summed E-state index contributed by atoms with van der Waals surface area (Å²) in [7, 11) is 0. The number of hydrogen-bond acceptors (Lipinski definition) is 7. The highest BCUT2D eigenvalue weighted by atomic mass is 16.4. The Balaban J connectivity index is 7.79. The maximum atomic E-state index is 11.5. The second-order valence-electron chi connectivity index (χ2n) is 6.80. The first-order chi connectivity index (χ1) is 14.3. The van der Waals surface area contributed by atoms with E-state index in [4.69, 9.17) is 10.2 Å². The highest BCUT2D eigenvalue weighted by Gasteiger charge is 2.51. The van der Waals surface area contributed by atoms with E-state index in [0.29, 0.717) is 12.2 Å². The standard InChI is InChI=1S/C20H26O11/c1-12(17(28)29)7-19(5-3-15(24)25,6-4-16(26)27)20(11-23,14(9-21)10-22)8-13(2)18(30)31/h3-8,14,21-23H,9-11H2,1-2H3,(H,24,25)(H,26,27)(H,28,29)(H,30,31). The van der Waals surface area contributed by atoms with E-state index < -0.39 is 66.0 Å². The summed E-state index contributed by atoms with van der Waals surface area (Å²) in [6.07, 6.45) is 4.70. The summed E-state index contributed by atoms with van der Waals surface area (Å²) in [5, 5.41) is 67.0. The van der Waals surface area contributed by atoms with Crippen LogP contribution in [0, 0.1) is 16.7 Å². The average molecular weight is 442 g/mol. The lowest BCUT2D eigenvalue weighted by atomic mass is 9.56. The fraction of sp³-hybridized carbons (Fsp3) is 0.400. The highest BCUT2D eigenvalue weighted by molar-refractivity contribution is 5.87. The summed E-state index contributed by atoms with van der Waals surface area (Å²) in [5.41, 5.74) is -4.96. The normalized spacial score (nSPS) is 17.0. The first-order valence-electron chi connectivity index (χ1n) is 8.84. The van der Waals surface area contributed by atoms with Gasteiger partial charge in [-0.2, -0.15) is 0 Å². The van der Waals surface area contributed by atoms with Crippen molar-refractivity contribution in [3.8, 4) is 0 Å². The average Bonchev–Trinajstić information content (AvgIpc) is 2.69. The van der Waals surface area contributed by atoms with E-state index >= 15 is 0 Å². The van der Waals surface area contributed by atoms with Gasteiger partial charge in [0.2, 0.25) is 0 Å². The topological polar surface area (TPSA) is 210 Å². The molecule has 0 aliphatic carbocycles. The van der Waals surface area contributed by atoms with E-state index in [-0.39, 0.29) is 5.57 Å². The molecule has 172 valence electrons. The predicted octanol–water partition coefficient (Wildman–Crippen LogP) is -0.104. The molecule has 0 aliphatic rings. The molecule has 0 aliphatic heterocycles. The number of aliphatic hydroxyl groups is 3. The number of carboxylic acids is 4. The molecule has 7 N–H and O–H groups in total. The molecule has 0 saturated heterocycles. The molecule has 1 atom stereocenters. The number of aliphatic carboxylic acids is 4. The molecule has 0 bridgehead atoms. The quantitative estimate of drug-likeness (QED) is 0.187. The van der Waals surface area contributed by atoms with Crippen LogP contribution >= 0.6 is 0 Å². The van der Waals surface area contributed by atoms with Crippen molar-refractivity contribution in [1.29, 1.82) is 0 Å². The Hall–Kier alpha value is -3.28. The first kappa shape index (κ1) is 27.7. The molecule has 0 aromatic carbocycles. The minimum absolute atomic E-state index is 0.390. The lowest BCUT2D eigenvalue weighted by molar-refractivity contribution is -0.133. The Morgan fingerprint density at radius 3 is 1.42 bits per heavy atom. The molecule has 11 heteroatoms. The summed E-state index contributed by atoms with van der Waals surface area (Å²) < 4.78 is 0. The summed E-state index contributed by atoms with van der Waals surface area (Å²) in [6.45, 7) is -0.475. The van der Waals surface area contributed by atoms with Crippen molar-refractivity contribution in [1.82, 2.24) is 0 Å². The second-order valence-corrected chi connectivity index (χ2v) is 6.80. The van der Waals surface area contributed by atoms with Crippen LogP contribution in [0.1, 0.15) is 13.8 Å². The van der Waals surface area contributed by atoms with Gasteiger partial charge in [-0.3, -0.25) is 0 Å². The van der Waals surface area contributed by atoms with Crippen molar-refractivity contribution in [2.45, 2.75) is 13.8 Å². The minimum atomic E-state index is -2.10. The maximum Gasteiger partial charge on any atom is 0.330 e. The number of hydrogen-bond donors (Lipinski definition) is 7. The van der Waals surface area contributed by atoms with Crippen LogP contribution in [-0.4, -0.2) is 79.4 Å². The molecule has 0 aromatic heterocycles. The fourth-order valence-corrected chi connectivity index (χ4v) is 3.17. The Kier molecular flexibility index (Phi) is 10.5. The zero-order valence-electron chi connectivity index (χ0n) is 16.9. The number of allylic oxidation sites excluding steroid dienone is 3. The number of carbonyl (C=O) groups is 4. The van der Waals surface area contributed by atoms with Crippen LogP contribution in [0.5, 0.6) is 0 Å². The highest BCUT2D eigenvalue weighted by Crippen LogP contribution is 2.51. The molecule has 0 amide bonds. The lowest BCUT2D eigenvalue weighted by Crippen LogP contribution is -2.49. The molecular formula is C20H26O11. The van der Waals surface area contributed by atoms with Gasteiger partial charge in [-0.15, -0.1) is 0 Å². The zero-order valence-corrected chi connectivity index (χ0v) is 16.9. The monoisotopic (exact) mass is 442 g/mol. The Morgan fingerprint density at radius 1 is 0.742 bits per heavy atom. The van der Waals surface area contributed by atoms with E-state index in [0.717, 1.165) is 38.2 Å². The molecular weight excluding hydrogens is 416 g/mol. The Labute approximate surface area is 177 Å². The van der Waals surface area contributed by atoms with E-state index in [2.05, 4.69) is 0 Å². The van der Waals surface area contributed by atoms with E-state index in [1.165, 1.54) is 0 Å². The van der Waals surface area contributed by atoms with Gasteiger partial charge >= 0.3 is 23.9 Å². The number of rotatable bonds is 13. The first-order valence-corrected chi connectivity index (χ1v) is 8.84. The molecule has 0 aromatic rings. The summed E-state index contributed by atoms with van der Waals surface area (Å²) in [6, 6.07) is 0. The molecule has 0 radical (unpaired) electrons. The number of carboxylic acid groups (broad SMARTS) is 4. The van der Waals surface area contributed by atoms with Crippen LogP contribution in [0.25, 0.3) is 0 Å². The lowest BCUT2D eigenvalue weighted by Gasteiger charge is -2.48. The SMILES string of the molecule is CC(=CC(C=CC(=O)O)(C=CC(=O)O)C(C=C(C)C(=O)O)(CO)C(CO)CO)C(=O)O. The van der Waals surface area contributed by atoms with Crippen molar-refractivity contribution in [3.63, 3.8) is 0 Å². The summed E-state index contributed by atoms with van der Waals surface area (Å²) >= 11 is 0. The zero-order chi connectivity index (χ0) is 24.4. The molecule has 11 nitrogen and oxygen atoms in total. The largest absolute Gasteiger partial charge is 0.478 e. The second kappa shape index (κ2) is 11.8. The van der Waals surface area contributed by atoms with Crippen LogP contribution in [0.2, 0.25) is 0 Å². The molecule has 0 spiro atoms. The van der Waals surface area contributed by atoms with E-state index in [9.17, 15) is 44.7 Å². The van der Waals surface area contributed by atoms with Gasteiger partial charge < -0.3 is 35.7 Å². The molecule has 0 fully saturated rings. The van der Waals surface area contributed by atoms with Crippen molar-refractivity contribution in [3.05, 3.63) is 47.6 Å². The Morgan fingerprint density at radius 2 is 1.13 bits per heavy atom. The molecule has 31 heavy (non-hydrogen) atoms. The van der Waals surface area contributed by atoms with Crippen LogP contribution in [0.15, 0.2) is 47.6 Å². The molecule has 1 unspecified atom stereocenters. The van der Waals surface area contributed by atoms with E-state index in [1.807, 2.05) is 0 Å². The van der Waals surface area contributed by atoms with Crippen molar-refractivity contribution in [2.24, 2.45) is 16.7 Å². The maximum absolute atomic E-state index is 11.5. The Bertz CT molecular complexity index is 791. The van der Waals surface area contributed by atoms with E-state index in [1.54, 1.807) is 0 Å². The van der Waals surface area contributed by atoms with Crippen molar-refractivity contribution < 1.29 is 54.9 Å². The fourth-order valence-electron chi connectivity index (χ4n) is 3.17. The third-order valence-corrected chi connectivity index (χ3v) is 4.84. The molecule has 0 rings (SSSR count). The molecule has 0 saturated carbocycles. The van der Waals surface area contributed by atoms with Crippen LogP contribution in [0.4, 0.5) is 0 Å². The van der Waals surface area contributed by atoms with Gasteiger partial charge in [0.1, 0.15) is 0 Å². The van der Waals surface area contributed by atoms with Crippen LogP contribution < -0.4 is 0 Å². The number of aliphatic hydroxyl groups excluding tert-OH is 3. The predicted molar refractivity (Wildman–Crippen MR) is 106 cm³/mol. The van der Waals surface area contributed by atoms with Gasteiger partial charge in [0, 0.05) is 53.3 Å². The van der Waals surface area contributed by atoms with Crippen molar-refractivity contribution in [2.75, 3.05) is 19.8 Å². The van der Waals surface area contributed by atoms with Crippen LogP contribution in [0.3, 0.4) is 0 Å². The third-order valence-electron chi connectivity index (χ3n) is 4.84. The smallest absolute Gasteiger partial charge is 0.330 e. The van der Waals surface area contributed by atoms with Gasteiger partial charge in [-0.1, -0.05) is 24.3 Å². The van der Waals surface area contributed by atoms with Gasteiger partial charge in [0.05, 0.1) is 6.61 Å². The van der Waals surface area contributed by atoms with Crippen LogP contribution in [-0.2, 0) is 19.2 Å². The van der Waals surface area contributed by atoms with Gasteiger partial charge in [-0.25, -0.2) is 19.2 Å². The minimum Gasteiger partial charge on any atom is -0.478 e. The van der Waals surface area contributed by atoms with Crippen molar-refractivity contribution >= 4 is 23.9 Å². The third kappa shape index (κ3) is 6.88. The molecule has 0 heterocycles.